The molecule has 0 radical (unpaired) electrons. The normalized spacial score (nSPS) is 12.0. The number of hydrogen-bond acceptors (Lipinski definition) is 4. The monoisotopic (exact) mass is 212 g/mol. The summed E-state index contributed by atoms with van der Waals surface area (Å²) in [7, 11) is 1.58. The molecule has 0 amide bonds. The van der Waals surface area contributed by atoms with Gasteiger partial charge in [-0.05, 0) is 18.4 Å². The van der Waals surface area contributed by atoms with E-state index in [1.54, 1.807) is 25.4 Å². The van der Waals surface area contributed by atoms with E-state index in [0.29, 0.717) is 0 Å². The second kappa shape index (κ2) is 6.36. The summed E-state index contributed by atoms with van der Waals surface area (Å²) in [5.41, 5.74) is 0. The van der Waals surface area contributed by atoms with Gasteiger partial charge >= 0.3 is 7.71 Å². The Bertz CT molecular complexity index is 90.3. The minimum atomic E-state index is -1.87. The van der Waals surface area contributed by atoms with Crippen LogP contribution < -0.4 is 0 Å². The maximum Gasteiger partial charge on any atom is 0.405 e. The van der Waals surface area contributed by atoms with Crippen LogP contribution in [0.15, 0.2) is 0 Å². The van der Waals surface area contributed by atoms with Gasteiger partial charge in [-0.15, -0.1) is 11.2 Å². The summed E-state index contributed by atoms with van der Waals surface area (Å²) in [6.45, 7) is 0. The summed E-state index contributed by atoms with van der Waals surface area (Å²) in [5, 5.41) is 0. The number of thiol groups is 1. The van der Waals surface area contributed by atoms with Gasteiger partial charge in [0.1, 0.15) is 0 Å². The van der Waals surface area contributed by atoms with E-state index in [1.165, 1.54) is 0 Å². The molecule has 0 unspecified atom stereocenters. The van der Waals surface area contributed by atoms with E-state index >= 15 is 0 Å². The van der Waals surface area contributed by atoms with Crippen molar-refractivity contribution in [2.45, 2.75) is 12.5 Å². The van der Waals surface area contributed by atoms with E-state index in [9.17, 15) is 0 Å². The molecule has 0 saturated heterocycles. The Morgan fingerprint density at radius 2 is 1.91 bits per heavy atom. The molecule has 2 nitrogen and oxygen atoms in total. The first-order valence-electron chi connectivity index (χ1n) is 3.51. The second-order valence-electron chi connectivity index (χ2n) is 2.12. The molecule has 0 aliphatic carbocycles. The average Bonchev–Trinajstić information content (AvgIpc) is 2.08. The van der Waals surface area contributed by atoms with Gasteiger partial charge in [0.15, 0.2) is 0 Å². The van der Waals surface area contributed by atoms with Crippen LogP contribution in [0.5, 0.6) is 0 Å². The van der Waals surface area contributed by atoms with Gasteiger partial charge in [0.05, 0.1) is 0 Å². The lowest BCUT2D eigenvalue weighted by molar-refractivity contribution is 0.268. The summed E-state index contributed by atoms with van der Waals surface area (Å²) in [5.74, 6) is 0.905. The predicted octanol–water partition coefficient (Wildman–Crippen LogP) is 1.90. The molecular formula is C6H16O2S2Si. The maximum absolute atomic E-state index is 5.38. The van der Waals surface area contributed by atoms with Crippen LogP contribution in [0, 0.1) is 0 Å². The highest BCUT2D eigenvalue weighted by atomic mass is 32.4. The molecule has 0 heterocycles. The largest absolute Gasteiger partial charge is 0.405 e. The van der Waals surface area contributed by atoms with Crippen molar-refractivity contribution in [2.24, 2.45) is 0 Å². The topological polar surface area (TPSA) is 18.5 Å². The molecule has 0 rings (SSSR count). The lowest BCUT2D eigenvalue weighted by Gasteiger charge is -2.24. The van der Waals surface area contributed by atoms with E-state index in [1.807, 2.05) is 6.26 Å². The molecule has 0 aliphatic heterocycles. The highest BCUT2D eigenvalue weighted by Gasteiger charge is 2.33. The van der Waals surface area contributed by atoms with Crippen molar-refractivity contribution in [3.05, 3.63) is 0 Å². The molecule has 0 N–H and O–H groups in total. The zero-order valence-corrected chi connectivity index (χ0v) is 10.0. The first-order chi connectivity index (χ1) is 5.24. The molecule has 0 saturated carbocycles. The van der Waals surface area contributed by atoms with Gasteiger partial charge in [-0.2, -0.15) is 12.6 Å². The van der Waals surface area contributed by atoms with Crippen LogP contribution in [0.25, 0.3) is 0 Å². The number of hydrogen-bond donors (Lipinski definition) is 1. The van der Waals surface area contributed by atoms with Crippen LogP contribution in [0.1, 0.15) is 6.42 Å². The van der Waals surface area contributed by atoms with Crippen molar-refractivity contribution in [3.8, 4) is 0 Å². The molecule has 0 aromatic rings. The minimum Gasteiger partial charge on any atom is -0.390 e. The Morgan fingerprint density at radius 3 is 2.18 bits per heavy atom. The van der Waals surface area contributed by atoms with Crippen molar-refractivity contribution in [1.29, 1.82) is 0 Å². The zero-order chi connectivity index (χ0) is 8.74. The van der Waals surface area contributed by atoms with Crippen LogP contribution in [-0.2, 0) is 8.85 Å². The maximum atomic E-state index is 5.38. The molecule has 68 valence electrons. The third-order valence-corrected chi connectivity index (χ3v) is 8.20. The summed E-state index contributed by atoms with van der Waals surface area (Å²) < 4.78 is 10.8. The predicted molar refractivity (Wildman–Crippen MR) is 56.6 cm³/mol. The lowest BCUT2D eigenvalue weighted by Crippen LogP contribution is -2.36. The van der Waals surface area contributed by atoms with Crippen LogP contribution in [0.2, 0.25) is 6.04 Å². The van der Waals surface area contributed by atoms with Crippen LogP contribution in [0.3, 0.4) is 0 Å². The van der Waals surface area contributed by atoms with E-state index in [0.717, 1.165) is 18.2 Å². The Morgan fingerprint density at radius 1 is 1.36 bits per heavy atom. The van der Waals surface area contributed by atoms with Crippen molar-refractivity contribution in [3.63, 3.8) is 0 Å². The van der Waals surface area contributed by atoms with Gasteiger partial charge in [-0.1, -0.05) is 0 Å². The van der Waals surface area contributed by atoms with E-state index in [4.69, 9.17) is 8.85 Å². The van der Waals surface area contributed by atoms with E-state index in [-0.39, 0.29) is 0 Å². The molecular weight excluding hydrogens is 196 g/mol. The van der Waals surface area contributed by atoms with Gasteiger partial charge in [-0.25, -0.2) is 0 Å². The third-order valence-electron chi connectivity index (χ3n) is 1.57. The van der Waals surface area contributed by atoms with Gasteiger partial charge in [0.25, 0.3) is 0 Å². The molecule has 0 aromatic carbocycles. The van der Waals surface area contributed by atoms with Gasteiger partial charge in [0.2, 0.25) is 0 Å². The molecule has 0 aromatic heterocycles. The molecule has 0 spiro atoms. The van der Waals surface area contributed by atoms with E-state index in [2.05, 4.69) is 12.6 Å². The minimum absolute atomic E-state index is 0.905. The van der Waals surface area contributed by atoms with Crippen molar-refractivity contribution in [2.75, 3.05) is 26.2 Å². The van der Waals surface area contributed by atoms with Crippen molar-refractivity contribution >= 4 is 31.6 Å². The molecule has 0 atom stereocenters. The summed E-state index contributed by atoms with van der Waals surface area (Å²) in [4.78, 5) is 0. The fourth-order valence-electron chi connectivity index (χ4n) is 0.852. The zero-order valence-electron chi connectivity index (χ0n) is 7.29. The Hall–Kier alpha value is 0.837. The molecule has 0 aliphatic rings. The second-order valence-corrected chi connectivity index (χ2v) is 8.75. The SMILES string of the molecule is CO[Si](CCCS)(OC)SC. The summed E-state index contributed by atoms with van der Waals surface area (Å²) in [6.07, 6.45) is 3.11. The van der Waals surface area contributed by atoms with Crippen LogP contribution in [0.4, 0.5) is 0 Å². The van der Waals surface area contributed by atoms with Crippen molar-refractivity contribution in [1.82, 2.24) is 0 Å². The Kier molecular flexibility index (Phi) is 6.85. The summed E-state index contributed by atoms with van der Waals surface area (Å²) in [6, 6.07) is 1.02. The van der Waals surface area contributed by atoms with Crippen LogP contribution >= 0.6 is 23.8 Å². The Labute approximate surface area is 79.3 Å². The van der Waals surface area contributed by atoms with Gasteiger partial charge < -0.3 is 8.85 Å². The Balaban J connectivity index is 3.84. The average molecular weight is 212 g/mol. The quantitative estimate of drug-likeness (QED) is 0.536. The molecule has 0 bridgehead atoms. The fourth-order valence-corrected chi connectivity index (χ4v) is 5.07. The highest BCUT2D eigenvalue weighted by Crippen LogP contribution is 2.25. The van der Waals surface area contributed by atoms with Crippen LogP contribution in [-0.4, -0.2) is 33.9 Å². The molecule has 11 heavy (non-hydrogen) atoms. The van der Waals surface area contributed by atoms with Gasteiger partial charge in [-0.3, -0.25) is 0 Å². The standard InChI is InChI=1S/C6H16O2S2Si/c1-7-11(8-2,10-3)6-4-5-9/h9H,4-6H2,1-3H3. The smallest absolute Gasteiger partial charge is 0.390 e. The summed E-state index contributed by atoms with van der Waals surface area (Å²) >= 11 is 5.87. The van der Waals surface area contributed by atoms with E-state index < -0.39 is 7.71 Å². The highest BCUT2D eigenvalue weighted by molar-refractivity contribution is 8.26. The molecule has 0 fully saturated rings. The van der Waals surface area contributed by atoms with Gasteiger partial charge in [0, 0.05) is 20.3 Å². The first-order valence-corrected chi connectivity index (χ1v) is 8.11. The third kappa shape index (κ3) is 3.84. The van der Waals surface area contributed by atoms with Crippen molar-refractivity contribution < 1.29 is 8.85 Å². The molecule has 5 heteroatoms. The fraction of sp³-hybridized carbons (Fsp3) is 1.00. The number of rotatable bonds is 6. The first kappa shape index (κ1) is 11.8. The lowest BCUT2D eigenvalue weighted by atomic mass is 10.6.